The highest BCUT2D eigenvalue weighted by Crippen LogP contribution is 2.39. The van der Waals surface area contributed by atoms with Crippen molar-refractivity contribution in [3.8, 4) is 28.7 Å². The summed E-state index contributed by atoms with van der Waals surface area (Å²) in [7, 11) is 0. The van der Waals surface area contributed by atoms with Crippen molar-refractivity contribution < 1.29 is 60.5 Å². The number of hydrogen-bond donors (Lipinski definition) is 2. The number of amides is 5. The summed E-state index contributed by atoms with van der Waals surface area (Å²) in [6, 6.07) is 20.1. The molecule has 7 rings (SSSR count). The minimum absolute atomic E-state index is 0.0217. The van der Waals surface area contributed by atoms with Crippen LogP contribution in [0.15, 0.2) is 78.9 Å². The Morgan fingerprint density at radius 2 is 1.59 bits per heavy atom. The second kappa shape index (κ2) is 18.9. The van der Waals surface area contributed by atoms with Gasteiger partial charge >= 0.3 is 6.18 Å². The lowest BCUT2D eigenvalue weighted by atomic mass is 9.89. The Bertz CT molecular complexity index is 2510. The Kier molecular flexibility index (Phi) is 13.3. The van der Waals surface area contributed by atoms with Crippen LogP contribution in [0.5, 0.6) is 11.5 Å². The summed E-state index contributed by atoms with van der Waals surface area (Å²) in [6.45, 7) is 5.30. The number of ether oxygens (including phenoxy) is 4. The quantitative estimate of drug-likeness (QED) is 0.0710. The molecular weight excluding hydrogens is 843 g/mol. The molecule has 2 N–H and O–H groups in total. The molecule has 3 aliphatic heterocycles. The molecule has 4 aromatic carbocycles. The zero-order valence-corrected chi connectivity index (χ0v) is 34.8. The Hall–Kier alpha value is -6.84. The first-order chi connectivity index (χ1) is 30.5. The third-order valence-electron chi connectivity index (χ3n) is 11.0. The van der Waals surface area contributed by atoms with Crippen LogP contribution in [0.3, 0.4) is 0 Å². The number of fused-ring (bicyclic) bond motifs is 1. The van der Waals surface area contributed by atoms with E-state index in [-0.39, 0.29) is 73.9 Å². The van der Waals surface area contributed by atoms with Crippen molar-refractivity contribution in [2.24, 2.45) is 5.41 Å². The van der Waals surface area contributed by atoms with Crippen molar-refractivity contribution in [3.63, 3.8) is 0 Å². The number of nitrogens with one attached hydrogen (secondary N) is 2. The van der Waals surface area contributed by atoms with Crippen LogP contribution in [-0.2, 0) is 36.6 Å². The number of anilines is 1. The normalized spacial score (nSPS) is 18.2. The molecular formula is C46H43F4N5O9. The van der Waals surface area contributed by atoms with Crippen molar-refractivity contribution in [1.29, 1.82) is 5.26 Å². The first kappa shape index (κ1) is 45.2. The van der Waals surface area contributed by atoms with Crippen LogP contribution in [0, 0.1) is 22.6 Å². The second-order valence-corrected chi connectivity index (χ2v) is 16.0. The summed E-state index contributed by atoms with van der Waals surface area (Å²) >= 11 is 0. The summed E-state index contributed by atoms with van der Waals surface area (Å²) in [5, 5.41) is 14.5. The minimum Gasteiger partial charge on any atom is -0.490 e. The van der Waals surface area contributed by atoms with Gasteiger partial charge in [0.05, 0.1) is 54.8 Å². The third kappa shape index (κ3) is 9.85. The van der Waals surface area contributed by atoms with Crippen molar-refractivity contribution in [2.45, 2.75) is 51.6 Å². The van der Waals surface area contributed by atoms with E-state index in [4.69, 9.17) is 24.2 Å². The molecule has 5 amide bonds. The Morgan fingerprint density at radius 3 is 2.30 bits per heavy atom. The fourth-order valence-corrected chi connectivity index (χ4v) is 7.81. The summed E-state index contributed by atoms with van der Waals surface area (Å²) in [4.78, 5) is 65.8. The first-order valence-corrected chi connectivity index (χ1v) is 20.4. The van der Waals surface area contributed by atoms with Gasteiger partial charge in [0, 0.05) is 42.7 Å². The molecule has 0 aromatic heterocycles. The van der Waals surface area contributed by atoms with E-state index in [2.05, 4.69) is 10.6 Å². The Balaban J connectivity index is 0.809. The van der Waals surface area contributed by atoms with Gasteiger partial charge in [-0.1, -0.05) is 44.2 Å². The fourth-order valence-electron chi connectivity index (χ4n) is 7.81. The molecule has 334 valence electrons. The van der Waals surface area contributed by atoms with Crippen molar-refractivity contribution >= 4 is 35.2 Å². The molecule has 0 radical (unpaired) electrons. The van der Waals surface area contributed by atoms with E-state index in [1.807, 2.05) is 24.3 Å². The maximum absolute atomic E-state index is 15.5. The Labute approximate surface area is 365 Å². The number of carbonyl (C=O) groups is 5. The van der Waals surface area contributed by atoms with E-state index in [1.54, 1.807) is 38.1 Å². The highest BCUT2D eigenvalue weighted by atomic mass is 19.4. The minimum atomic E-state index is -4.79. The van der Waals surface area contributed by atoms with Gasteiger partial charge in [-0.3, -0.25) is 34.2 Å². The summed E-state index contributed by atoms with van der Waals surface area (Å²) in [5.41, 5.74) is 0.0985. The first-order valence-electron chi connectivity index (χ1n) is 20.4. The van der Waals surface area contributed by atoms with Gasteiger partial charge in [-0.15, -0.1) is 0 Å². The number of benzene rings is 4. The number of alkyl halides is 3. The maximum Gasteiger partial charge on any atom is 0.417 e. The van der Waals surface area contributed by atoms with Crippen LogP contribution < -0.4 is 20.1 Å². The number of halogens is 4. The van der Waals surface area contributed by atoms with E-state index >= 15 is 4.39 Å². The lowest BCUT2D eigenvalue weighted by Gasteiger charge is -2.27. The second-order valence-electron chi connectivity index (χ2n) is 16.0. The number of rotatable bonds is 17. The fraction of sp³-hybridized carbons (Fsp3) is 0.348. The molecule has 18 heteroatoms. The van der Waals surface area contributed by atoms with Gasteiger partial charge < -0.3 is 29.2 Å². The van der Waals surface area contributed by atoms with Gasteiger partial charge in [0.15, 0.2) is 6.10 Å². The van der Waals surface area contributed by atoms with Crippen LogP contribution in [0.1, 0.15) is 64.1 Å². The van der Waals surface area contributed by atoms with Crippen LogP contribution in [-0.4, -0.2) is 97.6 Å². The number of nitriles is 1. The van der Waals surface area contributed by atoms with Gasteiger partial charge in [-0.2, -0.15) is 18.4 Å². The zero-order valence-electron chi connectivity index (χ0n) is 34.8. The number of piperidine rings is 1. The lowest BCUT2D eigenvalue weighted by molar-refractivity contribution is -0.138. The highest BCUT2D eigenvalue weighted by molar-refractivity contribution is 6.24. The predicted octanol–water partition coefficient (Wildman–Crippen LogP) is 6.12. The standard InChI is InChI=1S/C46H43F4N5O9/c1-45(2)26-54(44(60)40(45)64-32-13-10-29(24-51)34(23-32)46(48,49)50)25-30-7-6-28(22-35(30)47)27-8-11-31(12-9-27)52-16-17-61-18-19-62-20-21-63-37-5-3-4-33-39(37)43(59)55(42(33)58)36-14-15-38(56)53-41(36)57/h3-13,22-23,36,40,52H,14-21,25-26H2,1-2H3,(H,53,56,57). The lowest BCUT2D eigenvalue weighted by Crippen LogP contribution is -2.54. The molecule has 2 fully saturated rings. The van der Waals surface area contributed by atoms with Crippen molar-refractivity contribution in [3.05, 3.63) is 112 Å². The van der Waals surface area contributed by atoms with Crippen LogP contribution >= 0.6 is 0 Å². The molecule has 0 aliphatic carbocycles. The van der Waals surface area contributed by atoms with E-state index in [0.29, 0.717) is 31.4 Å². The zero-order chi connectivity index (χ0) is 45.8. The van der Waals surface area contributed by atoms with Crippen LogP contribution in [0.25, 0.3) is 11.1 Å². The maximum atomic E-state index is 15.5. The molecule has 14 nitrogen and oxygen atoms in total. The molecule has 3 heterocycles. The number of likely N-dealkylation sites (tertiary alicyclic amines) is 1. The number of imide groups is 2. The largest absolute Gasteiger partial charge is 0.490 e. The molecule has 64 heavy (non-hydrogen) atoms. The van der Waals surface area contributed by atoms with E-state index < -0.39 is 70.2 Å². The molecule has 0 saturated carbocycles. The third-order valence-corrected chi connectivity index (χ3v) is 11.0. The van der Waals surface area contributed by atoms with Gasteiger partial charge in [0.1, 0.15) is 30.0 Å². The molecule has 3 aliphatic rings. The SMILES string of the molecule is CC1(C)CN(Cc2ccc(-c3ccc(NCCOCCOCCOc4cccc5c4C(=O)N(C4CCC(=O)NC4=O)C5=O)cc3)cc2F)C(=O)C1Oc1ccc(C#N)c(C(F)(F)F)c1. The number of hydrogen-bond acceptors (Lipinski definition) is 11. The van der Waals surface area contributed by atoms with Gasteiger partial charge in [-0.25, -0.2) is 4.39 Å². The number of nitrogens with zero attached hydrogens (tertiary/aromatic N) is 3. The highest BCUT2D eigenvalue weighted by Gasteiger charge is 2.49. The molecule has 0 spiro atoms. The topological polar surface area (TPSA) is 177 Å². The van der Waals surface area contributed by atoms with Gasteiger partial charge in [-0.05, 0) is 66.1 Å². The summed E-state index contributed by atoms with van der Waals surface area (Å²) < 4.78 is 78.8. The average Bonchev–Trinajstić information content (AvgIpc) is 3.64. The monoisotopic (exact) mass is 885 g/mol. The molecule has 2 saturated heterocycles. The molecule has 2 atom stereocenters. The van der Waals surface area contributed by atoms with E-state index in [1.165, 1.54) is 29.2 Å². The molecule has 2 unspecified atom stereocenters. The van der Waals surface area contributed by atoms with E-state index in [0.717, 1.165) is 22.2 Å². The van der Waals surface area contributed by atoms with Crippen LogP contribution in [0.4, 0.5) is 23.2 Å². The summed E-state index contributed by atoms with van der Waals surface area (Å²) in [6.07, 6.45) is -5.84. The molecule has 4 aromatic rings. The predicted molar refractivity (Wildman–Crippen MR) is 220 cm³/mol. The molecule has 0 bridgehead atoms. The van der Waals surface area contributed by atoms with Crippen molar-refractivity contribution in [2.75, 3.05) is 51.4 Å². The van der Waals surface area contributed by atoms with Gasteiger partial charge in [0.2, 0.25) is 11.8 Å². The average molecular weight is 886 g/mol. The van der Waals surface area contributed by atoms with Crippen molar-refractivity contribution in [1.82, 2.24) is 15.1 Å². The van der Waals surface area contributed by atoms with E-state index in [9.17, 15) is 37.1 Å². The van der Waals surface area contributed by atoms with Gasteiger partial charge in [0.25, 0.3) is 17.7 Å². The Morgan fingerprint density at radius 1 is 0.875 bits per heavy atom. The summed E-state index contributed by atoms with van der Waals surface area (Å²) in [5.74, 6) is -3.45. The number of carbonyl (C=O) groups excluding carboxylic acids is 5. The smallest absolute Gasteiger partial charge is 0.417 e. The van der Waals surface area contributed by atoms with Crippen LogP contribution in [0.2, 0.25) is 0 Å².